The van der Waals surface area contributed by atoms with Gasteiger partial charge < -0.3 is 20.5 Å². The van der Waals surface area contributed by atoms with E-state index < -0.39 is 35.9 Å². The van der Waals surface area contributed by atoms with Crippen LogP contribution in [0, 0.1) is 5.82 Å². The second-order valence-corrected chi connectivity index (χ2v) is 9.13. The number of hydrogen-bond donors (Lipinski definition) is 3. The molecule has 0 aliphatic carbocycles. The van der Waals surface area contributed by atoms with Crippen LogP contribution < -0.4 is 15.4 Å². The molecule has 1 atom stereocenters. The van der Waals surface area contributed by atoms with Crippen LogP contribution in [0.1, 0.15) is 53.7 Å². The van der Waals surface area contributed by atoms with Crippen molar-refractivity contribution in [3.05, 3.63) is 70.2 Å². The summed E-state index contributed by atoms with van der Waals surface area (Å²) >= 11 is 0. The Morgan fingerprint density at radius 2 is 1.88 bits per heavy atom. The van der Waals surface area contributed by atoms with Crippen LogP contribution in [0.4, 0.5) is 17.6 Å². The molecule has 0 radical (unpaired) electrons. The maximum atomic E-state index is 14.2. The van der Waals surface area contributed by atoms with Crippen LogP contribution in [-0.2, 0) is 12.0 Å². The minimum absolute atomic E-state index is 0.184. The van der Waals surface area contributed by atoms with Gasteiger partial charge in [-0.25, -0.2) is 4.39 Å². The summed E-state index contributed by atoms with van der Waals surface area (Å²) in [5, 5.41) is 16.4. The molecule has 0 fully saturated rings. The summed E-state index contributed by atoms with van der Waals surface area (Å²) in [5.74, 6) is -0.685. The summed E-state index contributed by atoms with van der Waals surface area (Å²) in [7, 11) is 2.84. The Morgan fingerprint density at radius 1 is 1.18 bits per heavy atom. The number of carbonyl (C=O) groups excluding carboxylic acids is 1. The Kier molecular flexibility index (Phi) is 6.98. The lowest BCUT2D eigenvalue weighted by Crippen LogP contribution is -2.50. The average molecular weight is 481 g/mol. The van der Waals surface area contributed by atoms with E-state index in [0.717, 1.165) is 17.7 Å². The van der Waals surface area contributed by atoms with Crippen molar-refractivity contribution >= 4 is 12.0 Å². The molecule has 0 spiro atoms. The first-order valence-electron chi connectivity index (χ1n) is 10.7. The molecule has 0 bridgehead atoms. The number of rotatable bonds is 7. The van der Waals surface area contributed by atoms with Gasteiger partial charge in [0.15, 0.2) is 5.60 Å². The molecule has 2 aromatic carbocycles. The van der Waals surface area contributed by atoms with E-state index >= 15 is 0 Å². The first-order valence-corrected chi connectivity index (χ1v) is 10.7. The van der Waals surface area contributed by atoms with Crippen molar-refractivity contribution in [1.29, 1.82) is 0 Å². The largest absolute Gasteiger partial charge is 0.496 e. The van der Waals surface area contributed by atoms with Crippen molar-refractivity contribution in [2.75, 3.05) is 14.2 Å². The second kappa shape index (κ2) is 9.29. The smallest absolute Gasteiger partial charge is 0.417 e. The summed E-state index contributed by atoms with van der Waals surface area (Å²) in [6.07, 6.45) is -4.91. The molecule has 0 aromatic heterocycles. The summed E-state index contributed by atoms with van der Waals surface area (Å²) in [6, 6.07) is 8.61. The monoisotopic (exact) mass is 480 g/mol. The van der Waals surface area contributed by atoms with Gasteiger partial charge in [-0.15, -0.1) is 0 Å². The highest BCUT2D eigenvalue weighted by molar-refractivity contribution is 5.94. The fourth-order valence-electron chi connectivity index (χ4n) is 4.35. The van der Waals surface area contributed by atoms with Crippen molar-refractivity contribution < 1.29 is 32.2 Å². The first-order chi connectivity index (χ1) is 15.8. The van der Waals surface area contributed by atoms with Crippen LogP contribution >= 0.6 is 0 Å². The Morgan fingerprint density at radius 3 is 2.50 bits per heavy atom. The number of hydrogen-bond acceptors (Lipinski definition) is 4. The molecule has 9 heteroatoms. The fraction of sp³-hybridized carbons (Fsp3) is 0.400. The van der Waals surface area contributed by atoms with E-state index in [1.807, 2.05) is 0 Å². The highest BCUT2D eigenvalue weighted by atomic mass is 19.4. The minimum Gasteiger partial charge on any atom is -0.496 e. The van der Waals surface area contributed by atoms with Crippen molar-refractivity contribution in [3.63, 3.8) is 0 Å². The van der Waals surface area contributed by atoms with E-state index in [2.05, 4.69) is 10.6 Å². The highest BCUT2D eigenvalue weighted by Gasteiger charge is 2.56. The van der Waals surface area contributed by atoms with Gasteiger partial charge in [-0.3, -0.25) is 4.79 Å². The molecule has 184 valence electrons. The number of carbonyl (C=O) groups is 1. The van der Waals surface area contributed by atoms with Gasteiger partial charge >= 0.3 is 6.18 Å². The number of fused-ring (bicyclic) bond motifs is 1. The Hall–Kier alpha value is -3.07. The van der Waals surface area contributed by atoms with E-state index in [0.29, 0.717) is 11.1 Å². The number of ether oxygens (including phenoxy) is 1. The van der Waals surface area contributed by atoms with Gasteiger partial charge in [0.2, 0.25) is 0 Å². The van der Waals surface area contributed by atoms with Crippen molar-refractivity contribution in [1.82, 2.24) is 10.6 Å². The lowest BCUT2D eigenvalue weighted by atomic mass is 9.73. The third-order valence-corrected chi connectivity index (χ3v) is 6.11. The summed E-state index contributed by atoms with van der Waals surface area (Å²) in [5.41, 5.74) is -2.18. The molecule has 5 nitrogen and oxygen atoms in total. The maximum Gasteiger partial charge on any atom is 0.417 e. The Bertz CT molecular complexity index is 1110. The van der Waals surface area contributed by atoms with Crippen LogP contribution in [0.25, 0.3) is 6.08 Å². The lowest BCUT2D eigenvalue weighted by Gasteiger charge is -2.39. The number of aliphatic hydroxyl groups is 1. The molecule has 3 N–H and O–H groups in total. The first kappa shape index (κ1) is 25.6. The Labute approximate surface area is 195 Å². The predicted molar refractivity (Wildman–Crippen MR) is 121 cm³/mol. The molecular formula is C25H28F4N2O3. The molecule has 3 rings (SSSR count). The maximum absolute atomic E-state index is 14.2. The molecule has 1 unspecified atom stereocenters. The van der Waals surface area contributed by atoms with Crippen LogP contribution in [-0.4, -0.2) is 36.9 Å². The fourth-order valence-corrected chi connectivity index (χ4v) is 4.35. The molecule has 1 amide bonds. The predicted octanol–water partition coefficient (Wildman–Crippen LogP) is 4.69. The molecule has 1 heterocycles. The number of nitrogens with one attached hydrogen (secondary N) is 2. The third kappa shape index (κ3) is 5.19. The molecule has 34 heavy (non-hydrogen) atoms. The van der Waals surface area contributed by atoms with Gasteiger partial charge in [0.25, 0.3) is 5.91 Å². The normalized spacial score (nSPS) is 15.5. The van der Waals surface area contributed by atoms with E-state index in [-0.39, 0.29) is 29.5 Å². The van der Waals surface area contributed by atoms with E-state index in [9.17, 15) is 27.5 Å². The van der Waals surface area contributed by atoms with Gasteiger partial charge in [0.05, 0.1) is 7.11 Å². The van der Waals surface area contributed by atoms with Crippen molar-refractivity contribution in [3.8, 4) is 5.75 Å². The van der Waals surface area contributed by atoms with E-state index in [4.69, 9.17) is 4.74 Å². The van der Waals surface area contributed by atoms with Gasteiger partial charge in [0, 0.05) is 36.8 Å². The van der Waals surface area contributed by atoms with Gasteiger partial charge in [-0.2, -0.15) is 13.2 Å². The standard InChI is InChI=1S/C25H28F4N2O3/c1-23(2,20-11-18(26)7-8-21(20)34-4)14-24(33,25(27,28)29)12-19-10-17-9-15(22(32)30-3)5-6-16(17)13-31-19/h5-11,31,33H,12-14H2,1-4H3,(H,30,32). The number of methoxy groups -OCH3 is 1. The zero-order valence-corrected chi connectivity index (χ0v) is 19.4. The number of benzene rings is 2. The van der Waals surface area contributed by atoms with E-state index in [1.165, 1.54) is 40.1 Å². The number of halogens is 4. The number of alkyl halides is 3. The molecule has 0 saturated carbocycles. The topological polar surface area (TPSA) is 70.6 Å². The minimum atomic E-state index is -4.96. The second-order valence-electron chi connectivity index (χ2n) is 9.13. The zero-order chi connectivity index (χ0) is 25.3. The molecular weight excluding hydrogens is 452 g/mol. The van der Waals surface area contributed by atoms with Crippen LogP contribution in [0.15, 0.2) is 42.1 Å². The Balaban J connectivity index is 1.96. The van der Waals surface area contributed by atoms with Gasteiger partial charge in [-0.05, 0) is 59.4 Å². The summed E-state index contributed by atoms with van der Waals surface area (Å²) < 4.78 is 61.8. The highest BCUT2D eigenvalue weighted by Crippen LogP contribution is 2.46. The summed E-state index contributed by atoms with van der Waals surface area (Å²) in [4.78, 5) is 11.9. The van der Waals surface area contributed by atoms with Crippen molar-refractivity contribution in [2.24, 2.45) is 0 Å². The van der Waals surface area contributed by atoms with Crippen LogP contribution in [0.5, 0.6) is 5.75 Å². The SMILES string of the molecule is CNC(=O)c1ccc2c(c1)C=C(CC(O)(CC(C)(C)c1cc(F)ccc1OC)C(F)(F)F)NC2. The van der Waals surface area contributed by atoms with Crippen LogP contribution in [0.2, 0.25) is 0 Å². The average Bonchev–Trinajstić information content (AvgIpc) is 2.76. The number of amides is 1. The lowest BCUT2D eigenvalue weighted by molar-refractivity contribution is -0.266. The molecule has 2 aromatic rings. The quantitative estimate of drug-likeness (QED) is 0.503. The molecule has 1 aliphatic heterocycles. The summed E-state index contributed by atoms with van der Waals surface area (Å²) in [6.45, 7) is 3.27. The van der Waals surface area contributed by atoms with Crippen LogP contribution in [0.3, 0.4) is 0 Å². The van der Waals surface area contributed by atoms with E-state index in [1.54, 1.807) is 18.2 Å². The third-order valence-electron chi connectivity index (χ3n) is 6.11. The zero-order valence-electron chi connectivity index (χ0n) is 19.4. The molecule has 1 aliphatic rings. The van der Waals surface area contributed by atoms with Crippen molar-refractivity contribution in [2.45, 2.75) is 50.4 Å². The molecule has 0 saturated heterocycles. The van der Waals surface area contributed by atoms with Gasteiger partial charge in [-0.1, -0.05) is 19.9 Å². The van der Waals surface area contributed by atoms with Gasteiger partial charge in [0.1, 0.15) is 11.6 Å².